The summed E-state index contributed by atoms with van der Waals surface area (Å²) in [5.41, 5.74) is 7.94. The van der Waals surface area contributed by atoms with Crippen LogP contribution in [-0.2, 0) is 0 Å². The van der Waals surface area contributed by atoms with E-state index in [0.29, 0.717) is 11.3 Å². The van der Waals surface area contributed by atoms with Crippen LogP contribution in [0, 0.1) is 17.1 Å². The minimum atomic E-state index is -0.391. The highest BCUT2D eigenvalue weighted by Crippen LogP contribution is 2.43. The molecule has 4 rings (SSSR count). The van der Waals surface area contributed by atoms with Crippen molar-refractivity contribution in [2.24, 2.45) is 5.73 Å². The third-order valence-corrected chi connectivity index (χ3v) is 4.83. The van der Waals surface area contributed by atoms with Crippen molar-refractivity contribution >= 4 is 26.7 Å². The summed E-state index contributed by atoms with van der Waals surface area (Å²) in [6, 6.07) is 18.1. The molecule has 0 fully saturated rings. The monoisotopic (exact) mass is 394 g/mol. The van der Waals surface area contributed by atoms with Crippen molar-refractivity contribution in [3.05, 3.63) is 87.5 Å². The van der Waals surface area contributed by atoms with Gasteiger partial charge in [0.2, 0.25) is 5.88 Å². The molecule has 0 amide bonds. The fourth-order valence-corrected chi connectivity index (χ4v) is 3.55. The molecule has 0 unspecified atom stereocenters. The molecular weight excluding hydrogens is 383 g/mol. The Morgan fingerprint density at radius 2 is 1.80 bits per heavy atom. The van der Waals surface area contributed by atoms with E-state index in [1.54, 1.807) is 12.1 Å². The largest absolute Gasteiger partial charge is 0.440 e. The lowest BCUT2D eigenvalue weighted by molar-refractivity contribution is 0.394. The number of benzene rings is 3. The summed E-state index contributed by atoms with van der Waals surface area (Å²) < 4.78 is 20.0. The maximum absolute atomic E-state index is 13.3. The molecule has 1 aliphatic heterocycles. The molecule has 0 saturated carbocycles. The molecule has 0 aliphatic carbocycles. The van der Waals surface area contributed by atoms with E-state index < -0.39 is 5.92 Å². The molecule has 25 heavy (non-hydrogen) atoms. The van der Waals surface area contributed by atoms with Crippen LogP contribution in [0.1, 0.15) is 17.0 Å². The SMILES string of the molecule is N#CC1=C(N)Oc2cc3ccc(Br)cc3cc2[C@@H]1c1ccc(F)cc1. The Hall–Kier alpha value is -2.84. The first kappa shape index (κ1) is 15.7. The summed E-state index contributed by atoms with van der Waals surface area (Å²) in [5.74, 6) is -0.0203. The van der Waals surface area contributed by atoms with Gasteiger partial charge in [0, 0.05) is 10.0 Å². The lowest BCUT2D eigenvalue weighted by atomic mass is 9.82. The van der Waals surface area contributed by atoms with Crippen molar-refractivity contribution in [2.45, 2.75) is 5.92 Å². The molecular formula is C20H12BrFN2O. The Bertz CT molecular complexity index is 1070. The van der Waals surface area contributed by atoms with Crippen molar-refractivity contribution < 1.29 is 9.13 Å². The lowest BCUT2D eigenvalue weighted by Gasteiger charge is -2.27. The summed E-state index contributed by atoms with van der Waals surface area (Å²) >= 11 is 3.48. The fraction of sp³-hybridized carbons (Fsp3) is 0.0500. The highest BCUT2D eigenvalue weighted by atomic mass is 79.9. The summed E-state index contributed by atoms with van der Waals surface area (Å²) in [5, 5.41) is 11.6. The Morgan fingerprint density at radius 1 is 1.04 bits per heavy atom. The quantitative estimate of drug-likeness (QED) is 0.634. The van der Waals surface area contributed by atoms with Crippen molar-refractivity contribution in [1.82, 2.24) is 0 Å². The number of rotatable bonds is 1. The van der Waals surface area contributed by atoms with Gasteiger partial charge in [-0.15, -0.1) is 0 Å². The molecule has 3 nitrogen and oxygen atoms in total. The van der Waals surface area contributed by atoms with E-state index in [1.165, 1.54) is 12.1 Å². The van der Waals surface area contributed by atoms with Crippen molar-refractivity contribution in [2.75, 3.05) is 0 Å². The number of halogens is 2. The summed E-state index contributed by atoms with van der Waals surface area (Å²) in [6.07, 6.45) is 0. The van der Waals surface area contributed by atoms with E-state index in [4.69, 9.17) is 10.5 Å². The summed E-state index contributed by atoms with van der Waals surface area (Å²) in [7, 11) is 0. The number of hydrogen-bond acceptors (Lipinski definition) is 3. The Kier molecular flexibility index (Phi) is 3.70. The van der Waals surface area contributed by atoms with Crippen LogP contribution in [0.3, 0.4) is 0 Å². The molecule has 1 heterocycles. The van der Waals surface area contributed by atoms with Gasteiger partial charge in [-0.25, -0.2) is 4.39 Å². The standard InChI is InChI=1S/C20H12BrFN2O/c21-14-4-1-12-9-18-16(8-13(12)7-14)19(17(10-23)20(24)25-18)11-2-5-15(22)6-3-11/h1-9,19H,24H2/t19-/m0/s1. The first-order valence-electron chi connectivity index (χ1n) is 7.63. The van der Waals surface area contributed by atoms with Crippen LogP contribution in [0.4, 0.5) is 4.39 Å². The lowest BCUT2D eigenvalue weighted by Crippen LogP contribution is -2.21. The van der Waals surface area contributed by atoms with E-state index in [2.05, 4.69) is 22.0 Å². The maximum atomic E-state index is 13.3. The second-order valence-electron chi connectivity index (χ2n) is 5.86. The molecule has 2 N–H and O–H groups in total. The number of hydrogen-bond donors (Lipinski definition) is 1. The fourth-order valence-electron chi connectivity index (χ4n) is 3.17. The van der Waals surface area contributed by atoms with Gasteiger partial charge in [0.15, 0.2) is 0 Å². The normalized spacial score (nSPS) is 16.3. The van der Waals surface area contributed by atoms with E-state index in [1.807, 2.05) is 30.3 Å². The van der Waals surface area contributed by atoms with Gasteiger partial charge in [0.1, 0.15) is 23.2 Å². The number of fused-ring (bicyclic) bond motifs is 2. The molecule has 3 aromatic carbocycles. The highest BCUT2D eigenvalue weighted by molar-refractivity contribution is 9.10. The minimum absolute atomic E-state index is 0.0841. The highest BCUT2D eigenvalue weighted by Gasteiger charge is 2.30. The first-order valence-corrected chi connectivity index (χ1v) is 8.42. The molecule has 1 atom stereocenters. The van der Waals surface area contributed by atoms with Crippen LogP contribution in [0.5, 0.6) is 5.75 Å². The van der Waals surface area contributed by atoms with Gasteiger partial charge < -0.3 is 10.5 Å². The first-order chi connectivity index (χ1) is 12.1. The van der Waals surface area contributed by atoms with Gasteiger partial charge in [-0.1, -0.05) is 34.1 Å². The molecule has 0 radical (unpaired) electrons. The molecule has 5 heteroatoms. The Balaban J connectivity index is 1.98. The molecule has 0 saturated heterocycles. The van der Waals surface area contributed by atoms with Crippen LogP contribution in [0.2, 0.25) is 0 Å². The van der Waals surface area contributed by atoms with Crippen LogP contribution in [-0.4, -0.2) is 0 Å². The molecule has 1 aliphatic rings. The smallest absolute Gasteiger partial charge is 0.205 e. The predicted molar refractivity (Wildman–Crippen MR) is 97.3 cm³/mol. The van der Waals surface area contributed by atoms with Gasteiger partial charge in [0.25, 0.3) is 0 Å². The van der Waals surface area contributed by atoms with Crippen LogP contribution in [0.25, 0.3) is 10.8 Å². The van der Waals surface area contributed by atoms with E-state index in [-0.39, 0.29) is 11.7 Å². The molecule has 0 bridgehead atoms. The minimum Gasteiger partial charge on any atom is -0.440 e. The van der Waals surface area contributed by atoms with Crippen LogP contribution < -0.4 is 10.5 Å². The number of allylic oxidation sites excluding steroid dienone is 1. The van der Waals surface area contributed by atoms with E-state index in [0.717, 1.165) is 26.4 Å². The van der Waals surface area contributed by atoms with Crippen molar-refractivity contribution in [3.8, 4) is 11.8 Å². The number of nitrogens with two attached hydrogens (primary N) is 1. The molecule has 0 spiro atoms. The third kappa shape index (κ3) is 2.65. The van der Waals surface area contributed by atoms with Gasteiger partial charge in [-0.2, -0.15) is 5.26 Å². The van der Waals surface area contributed by atoms with E-state index >= 15 is 0 Å². The zero-order chi connectivity index (χ0) is 17.6. The Labute approximate surface area is 152 Å². The van der Waals surface area contributed by atoms with Crippen LogP contribution in [0.15, 0.2) is 70.5 Å². The second kappa shape index (κ2) is 5.91. The molecule has 0 aromatic heterocycles. The van der Waals surface area contributed by atoms with Crippen LogP contribution >= 0.6 is 15.9 Å². The molecule has 3 aromatic rings. The summed E-state index contributed by atoms with van der Waals surface area (Å²) in [4.78, 5) is 0. The van der Waals surface area contributed by atoms with Gasteiger partial charge in [-0.05, 0) is 52.7 Å². The van der Waals surface area contributed by atoms with Crippen molar-refractivity contribution in [1.29, 1.82) is 5.26 Å². The van der Waals surface area contributed by atoms with Gasteiger partial charge in [-0.3, -0.25) is 0 Å². The second-order valence-corrected chi connectivity index (χ2v) is 6.77. The summed E-state index contributed by atoms with van der Waals surface area (Å²) in [6.45, 7) is 0. The number of nitriles is 1. The molecule has 122 valence electrons. The average molecular weight is 395 g/mol. The number of ether oxygens (including phenoxy) is 1. The topological polar surface area (TPSA) is 59.0 Å². The average Bonchev–Trinajstić information content (AvgIpc) is 2.60. The zero-order valence-electron chi connectivity index (χ0n) is 13.0. The predicted octanol–water partition coefficient (Wildman–Crippen LogP) is 4.96. The number of nitrogens with zero attached hydrogens (tertiary/aromatic N) is 1. The Morgan fingerprint density at radius 3 is 2.52 bits per heavy atom. The van der Waals surface area contributed by atoms with Gasteiger partial charge >= 0.3 is 0 Å². The zero-order valence-corrected chi connectivity index (χ0v) is 14.5. The maximum Gasteiger partial charge on any atom is 0.205 e. The van der Waals surface area contributed by atoms with E-state index in [9.17, 15) is 9.65 Å². The van der Waals surface area contributed by atoms with Crippen molar-refractivity contribution in [3.63, 3.8) is 0 Å². The third-order valence-electron chi connectivity index (χ3n) is 4.34. The van der Waals surface area contributed by atoms with Gasteiger partial charge in [0.05, 0.1) is 5.92 Å².